The summed E-state index contributed by atoms with van der Waals surface area (Å²) in [6.45, 7) is 18.3. The number of anilines is 2. The Labute approximate surface area is 392 Å². The van der Waals surface area contributed by atoms with Crippen LogP contribution in [0.25, 0.3) is 11.0 Å². The molecule has 1 saturated carbocycles. The largest absolute Gasteiger partial charge is 0.369 e. The van der Waals surface area contributed by atoms with E-state index in [4.69, 9.17) is 9.97 Å². The van der Waals surface area contributed by atoms with Crippen LogP contribution in [-0.2, 0) is 22.6 Å². The molecule has 1 N–H and O–H groups in total. The van der Waals surface area contributed by atoms with Gasteiger partial charge >= 0.3 is 0 Å². The number of likely N-dealkylation sites (tertiary alicyclic amines) is 1. The van der Waals surface area contributed by atoms with Crippen molar-refractivity contribution in [3.05, 3.63) is 99.1 Å². The molecular weight excluding hydrogens is 847 g/mol. The average Bonchev–Trinajstić information content (AvgIpc) is 3.97. The number of nitrogens with zero attached hydrogens (tertiary/aromatic N) is 10. The van der Waals surface area contributed by atoms with Gasteiger partial charge in [0, 0.05) is 132 Å². The van der Waals surface area contributed by atoms with Gasteiger partial charge in [-0.25, -0.2) is 9.97 Å². The minimum absolute atomic E-state index is 0.0383. The second-order valence-electron chi connectivity index (χ2n) is 19.7. The second-order valence-corrected chi connectivity index (χ2v) is 19.7. The molecule has 0 bridgehead atoms. The molecule has 10 rings (SSSR count). The summed E-state index contributed by atoms with van der Waals surface area (Å²) in [5.74, 6) is 0.804. The predicted octanol–water partition coefficient (Wildman–Crippen LogP) is 4.33. The highest BCUT2D eigenvalue weighted by Gasteiger charge is 2.39. The quantitative estimate of drug-likeness (QED) is 0.201. The fourth-order valence-corrected chi connectivity index (χ4v) is 11.5. The molecule has 2 unspecified atom stereocenters. The summed E-state index contributed by atoms with van der Waals surface area (Å²) in [5, 5.41) is 3.57. The topological polar surface area (TPSA) is 160 Å². The van der Waals surface area contributed by atoms with E-state index in [1.165, 1.54) is 6.92 Å². The van der Waals surface area contributed by atoms with Gasteiger partial charge in [-0.2, -0.15) is 0 Å². The van der Waals surface area contributed by atoms with Gasteiger partial charge in [0.25, 0.3) is 11.5 Å². The molecule has 1 aromatic carbocycles. The number of piperazine rings is 2. The number of carbonyl (C=O) groups excluding carboxylic acids is 4. The highest BCUT2D eigenvalue weighted by molar-refractivity contribution is 6.02. The zero-order chi connectivity index (χ0) is 46.3. The molecule has 3 aromatic heterocycles. The lowest BCUT2D eigenvalue weighted by atomic mass is 9.95. The molecule has 4 aromatic rings. The number of carbonyl (C=O) groups is 4. The van der Waals surface area contributed by atoms with Crippen LogP contribution in [0.5, 0.6) is 0 Å². The number of Topliss-reactive ketones (excluding diaryl/α,β-unsaturated/α-hetero) is 1. The van der Waals surface area contributed by atoms with Crippen LogP contribution in [0, 0.1) is 12.8 Å². The second kappa shape index (κ2) is 18.9. The van der Waals surface area contributed by atoms with Crippen LogP contribution in [0.15, 0.2) is 59.8 Å². The molecule has 0 radical (unpaired) electrons. The lowest BCUT2D eigenvalue weighted by molar-refractivity contribution is -0.135. The number of ketones is 1. The maximum atomic E-state index is 13.6. The van der Waals surface area contributed by atoms with Crippen molar-refractivity contribution in [3.63, 3.8) is 0 Å². The van der Waals surface area contributed by atoms with Crippen LogP contribution >= 0.6 is 0 Å². The van der Waals surface area contributed by atoms with Crippen molar-refractivity contribution >= 4 is 45.9 Å². The number of fused-ring (bicyclic) bond motifs is 2. The number of rotatable bonds is 12. The van der Waals surface area contributed by atoms with E-state index in [-0.39, 0.29) is 40.7 Å². The Bertz CT molecular complexity index is 2640. The van der Waals surface area contributed by atoms with Crippen molar-refractivity contribution < 1.29 is 19.2 Å². The molecule has 1 aliphatic carbocycles. The molecule has 5 aliphatic heterocycles. The summed E-state index contributed by atoms with van der Waals surface area (Å²) in [7, 11) is 0. The summed E-state index contributed by atoms with van der Waals surface area (Å²) in [6, 6.07) is 9.83. The monoisotopic (exact) mass is 910 g/mol. The van der Waals surface area contributed by atoms with Crippen LogP contribution in [0.4, 0.5) is 11.4 Å². The lowest BCUT2D eigenvalue weighted by Crippen LogP contribution is -2.51. The molecule has 0 spiro atoms. The summed E-state index contributed by atoms with van der Waals surface area (Å²) in [5.41, 5.74) is 6.69. The maximum Gasteiger partial charge on any atom is 0.263 e. The smallest absolute Gasteiger partial charge is 0.263 e. The number of aromatic nitrogens is 4. The number of hydrogen-bond acceptors (Lipinski definition) is 12. The van der Waals surface area contributed by atoms with Gasteiger partial charge < -0.3 is 24.9 Å². The van der Waals surface area contributed by atoms with Crippen molar-refractivity contribution in [3.8, 4) is 0 Å². The summed E-state index contributed by atoms with van der Waals surface area (Å²) >= 11 is 0. The molecule has 67 heavy (non-hydrogen) atoms. The van der Waals surface area contributed by atoms with E-state index in [1.54, 1.807) is 15.7 Å². The Kier molecular flexibility index (Phi) is 12.7. The average molecular weight is 910 g/mol. The summed E-state index contributed by atoms with van der Waals surface area (Å²) in [6.07, 6.45) is 11.0. The standard InChI is InChI=1S/C51H63N11O5/c1-33-8-13-44(49(65)54-33)61-32-37-27-40(11-12-42(37)50(61)66)58-23-19-57(20-24-58)31-36-14-15-60(46(64)26-36)25-18-56-16-21-59(22-17-56)41-10-9-38(52-29-41)28-45-53-30-43-34(2)47(35(3)63)51(67)62(48(43)55-45)39-6-4-5-7-39/h9-12,27,29-30,36,39,44H,1,4-8,13-26,28,31-32H2,2-3H3,(H,54,65). The van der Waals surface area contributed by atoms with E-state index < -0.39 is 6.04 Å². The number of allylic oxidation sites excluding steroid dienone is 1. The third-order valence-corrected chi connectivity index (χ3v) is 15.4. The van der Waals surface area contributed by atoms with Crippen molar-refractivity contribution in [1.29, 1.82) is 0 Å². The van der Waals surface area contributed by atoms with Gasteiger partial charge in [0.2, 0.25) is 11.8 Å². The fourth-order valence-electron chi connectivity index (χ4n) is 11.5. The highest BCUT2D eigenvalue weighted by Crippen LogP contribution is 2.34. The Hall–Kier alpha value is -6.00. The maximum absolute atomic E-state index is 13.6. The van der Waals surface area contributed by atoms with Crippen molar-refractivity contribution in [2.75, 3.05) is 88.3 Å². The predicted molar refractivity (Wildman–Crippen MR) is 256 cm³/mol. The lowest BCUT2D eigenvalue weighted by Gasteiger charge is -2.40. The zero-order valence-corrected chi connectivity index (χ0v) is 39.1. The number of pyridine rings is 2. The van der Waals surface area contributed by atoms with Gasteiger partial charge in [-0.05, 0) is 93.3 Å². The fraction of sp³-hybridized carbons (Fsp3) is 0.529. The molecule has 8 heterocycles. The third-order valence-electron chi connectivity index (χ3n) is 15.4. The zero-order valence-electron chi connectivity index (χ0n) is 39.1. The molecule has 3 amide bonds. The van der Waals surface area contributed by atoms with Crippen LogP contribution in [0.2, 0.25) is 0 Å². The minimum Gasteiger partial charge on any atom is -0.369 e. The Balaban J connectivity index is 0.652. The van der Waals surface area contributed by atoms with Crippen LogP contribution in [-0.4, -0.2) is 147 Å². The number of nitrogens with one attached hydrogen (secondary N) is 1. The SMILES string of the molecule is C=C1CCC(N2Cc3cc(N4CCN(CC5CCN(CCN6CCN(c7ccc(Cc8ncc9c(C)c(C(C)=O)c(=O)n(C%10CCCC%10)c9n8)nc7)CC6)C(=O)C5)CC4)ccc3C2=O)C(=O)N1. The summed E-state index contributed by atoms with van der Waals surface area (Å²) < 4.78 is 1.76. The van der Waals surface area contributed by atoms with E-state index in [9.17, 15) is 24.0 Å². The Morgan fingerprint density at radius 2 is 1.55 bits per heavy atom. The molecular formula is C51H63N11O5. The first kappa shape index (κ1) is 44.8. The minimum atomic E-state index is -0.455. The van der Waals surface area contributed by atoms with Crippen LogP contribution in [0.1, 0.15) is 108 Å². The van der Waals surface area contributed by atoms with Gasteiger partial charge in [0.1, 0.15) is 17.5 Å². The van der Waals surface area contributed by atoms with E-state index in [0.717, 1.165) is 139 Å². The van der Waals surface area contributed by atoms with Crippen molar-refractivity contribution in [2.24, 2.45) is 5.92 Å². The van der Waals surface area contributed by atoms with E-state index >= 15 is 0 Å². The van der Waals surface area contributed by atoms with Crippen molar-refractivity contribution in [2.45, 2.75) is 90.3 Å². The molecule has 2 atom stereocenters. The molecule has 16 heteroatoms. The molecule has 352 valence electrons. The van der Waals surface area contributed by atoms with Gasteiger partial charge in [-0.3, -0.25) is 43.3 Å². The van der Waals surface area contributed by atoms with E-state index in [0.29, 0.717) is 66.4 Å². The van der Waals surface area contributed by atoms with Gasteiger partial charge in [-0.15, -0.1) is 0 Å². The molecule has 4 saturated heterocycles. The molecule has 5 fully saturated rings. The highest BCUT2D eigenvalue weighted by atomic mass is 16.2. The van der Waals surface area contributed by atoms with Gasteiger partial charge in [-0.1, -0.05) is 19.4 Å². The Morgan fingerprint density at radius 3 is 2.25 bits per heavy atom. The third kappa shape index (κ3) is 9.21. The van der Waals surface area contributed by atoms with Gasteiger partial charge in [0.05, 0.1) is 23.9 Å². The molecule has 6 aliphatic rings. The van der Waals surface area contributed by atoms with Crippen LogP contribution in [0.3, 0.4) is 0 Å². The Morgan fingerprint density at radius 1 is 0.821 bits per heavy atom. The number of piperidine rings is 2. The van der Waals surface area contributed by atoms with Crippen LogP contribution < -0.4 is 20.7 Å². The number of amides is 3. The number of benzene rings is 1. The first-order chi connectivity index (χ1) is 32.5. The molecule has 16 nitrogen and oxygen atoms in total. The normalized spacial score (nSPS) is 22.3. The first-order valence-corrected chi connectivity index (χ1v) is 24.5. The van der Waals surface area contributed by atoms with Crippen molar-refractivity contribution in [1.82, 2.24) is 44.4 Å². The van der Waals surface area contributed by atoms with Gasteiger partial charge in [0.15, 0.2) is 5.78 Å². The number of aryl methyl sites for hydroxylation is 1. The van der Waals surface area contributed by atoms with E-state index in [2.05, 4.69) is 53.5 Å². The van der Waals surface area contributed by atoms with E-state index in [1.807, 2.05) is 31.3 Å². The number of hydrogen-bond donors (Lipinski definition) is 1. The first-order valence-electron chi connectivity index (χ1n) is 24.5. The summed E-state index contributed by atoms with van der Waals surface area (Å²) in [4.78, 5) is 93.3.